The predicted molar refractivity (Wildman–Crippen MR) is 98.1 cm³/mol. The summed E-state index contributed by atoms with van der Waals surface area (Å²) >= 11 is 0. The zero-order chi connectivity index (χ0) is 18.6. The first-order valence-electron chi connectivity index (χ1n) is 9.73. The molecule has 1 aromatic rings. The number of carbonyl (C=O) groups excluding carboxylic acids is 1. The Morgan fingerprint density at radius 1 is 0.926 bits per heavy atom. The Morgan fingerprint density at radius 2 is 1.59 bits per heavy atom. The van der Waals surface area contributed by atoms with Crippen LogP contribution in [0.3, 0.4) is 0 Å². The highest BCUT2D eigenvalue weighted by Crippen LogP contribution is 2.39. The zero-order valence-electron chi connectivity index (χ0n) is 15.3. The maximum Gasteiger partial charge on any atom is 0.243 e. The van der Waals surface area contributed by atoms with E-state index >= 15 is 0 Å². The largest absolute Gasteiger partial charge is 0.347 e. The molecule has 0 saturated carbocycles. The first-order chi connectivity index (χ1) is 13.0. The van der Waals surface area contributed by atoms with Gasteiger partial charge in [-0.15, -0.1) is 0 Å². The smallest absolute Gasteiger partial charge is 0.243 e. The van der Waals surface area contributed by atoms with Gasteiger partial charge in [0.2, 0.25) is 15.9 Å². The molecular weight excluding hydrogens is 368 g/mol. The van der Waals surface area contributed by atoms with Crippen LogP contribution in [0.5, 0.6) is 0 Å². The van der Waals surface area contributed by atoms with Crippen LogP contribution in [0.15, 0.2) is 17.0 Å². The highest BCUT2D eigenvalue weighted by atomic mass is 32.2. The van der Waals surface area contributed by atoms with Gasteiger partial charge in [-0.2, -0.15) is 4.31 Å². The van der Waals surface area contributed by atoms with E-state index in [2.05, 4.69) is 0 Å². The van der Waals surface area contributed by atoms with Gasteiger partial charge in [0.25, 0.3) is 0 Å². The van der Waals surface area contributed by atoms with Gasteiger partial charge in [-0.3, -0.25) is 4.79 Å². The molecule has 1 amide bonds. The van der Waals surface area contributed by atoms with Crippen LogP contribution >= 0.6 is 0 Å². The SMILES string of the molecule is O=C1CCc2cc(S(=O)(=O)N3CCC4(CC3)OCCO4)cc3c2N1CCC3. The number of anilines is 1. The number of hydrogen-bond acceptors (Lipinski definition) is 5. The molecule has 0 radical (unpaired) electrons. The molecule has 0 bridgehead atoms. The molecule has 1 spiro atoms. The Morgan fingerprint density at radius 3 is 2.30 bits per heavy atom. The molecule has 0 aromatic heterocycles. The van der Waals surface area contributed by atoms with Crippen molar-refractivity contribution >= 4 is 21.6 Å². The Hall–Kier alpha value is -1.48. The lowest BCUT2D eigenvalue weighted by Gasteiger charge is -2.38. The van der Waals surface area contributed by atoms with Crippen LogP contribution in [-0.2, 0) is 37.1 Å². The van der Waals surface area contributed by atoms with Crippen LogP contribution in [0.2, 0.25) is 0 Å². The number of rotatable bonds is 2. The number of aryl methyl sites for hydroxylation is 2. The van der Waals surface area contributed by atoms with Gasteiger partial charge in [0.15, 0.2) is 5.79 Å². The summed E-state index contributed by atoms with van der Waals surface area (Å²) in [5.74, 6) is -0.439. The topological polar surface area (TPSA) is 76.2 Å². The van der Waals surface area contributed by atoms with Crippen LogP contribution in [0.25, 0.3) is 0 Å². The highest BCUT2D eigenvalue weighted by Gasteiger charge is 2.43. The molecule has 0 atom stereocenters. The lowest BCUT2D eigenvalue weighted by molar-refractivity contribution is -0.179. The average Bonchev–Trinajstić information content (AvgIpc) is 3.12. The van der Waals surface area contributed by atoms with Crippen molar-refractivity contribution in [3.63, 3.8) is 0 Å². The molecule has 4 aliphatic heterocycles. The van der Waals surface area contributed by atoms with Gasteiger partial charge in [-0.1, -0.05) is 0 Å². The number of amides is 1. The summed E-state index contributed by atoms with van der Waals surface area (Å²) in [6.45, 7) is 2.70. The van der Waals surface area contributed by atoms with Gasteiger partial charge in [0.05, 0.1) is 23.8 Å². The Balaban J connectivity index is 1.45. The first kappa shape index (κ1) is 17.6. The van der Waals surface area contributed by atoms with E-state index in [4.69, 9.17) is 9.47 Å². The molecule has 146 valence electrons. The third kappa shape index (κ3) is 2.81. The van der Waals surface area contributed by atoms with Gasteiger partial charge >= 0.3 is 0 Å². The fraction of sp³-hybridized carbons (Fsp3) is 0.632. The van der Waals surface area contributed by atoms with Crippen molar-refractivity contribution < 1.29 is 22.7 Å². The minimum Gasteiger partial charge on any atom is -0.347 e. The Kier molecular flexibility index (Phi) is 4.09. The molecule has 2 fully saturated rings. The maximum atomic E-state index is 13.3. The van der Waals surface area contributed by atoms with Crippen molar-refractivity contribution in [1.29, 1.82) is 0 Å². The van der Waals surface area contributed by atoms with Crippen molar-refractivity contribution in [3.05, 3.63) is 23.3 Å². The molecule has 2 saturated heterocycles. The van der Waals surface area contributed by atoms with Gasteiger partial charge in [0, 0.05) is 38.9 Å². The van der Waals surface area contributed by atoms with Crippen LogP contribution in [0.1, 0.15) is 36.8 Å². The number of ether oxygens (including phenoxy) is 2. The van der Waals surface area contributed by atoms with Crippen LogP contribution in [0.4, 0.5) is 5.69 Å². The molecule has 5 rings (SSSR count). The van der Waals surface area contributed by atoms with Gasteiger partial charge in [0.1, 0.15) is 0 Å². The van der Waals surface area contributed by atoms with E-state index in [0.717, 1.165) is 36.2 Å². The quantitative estimate of drug-likeness (QED) is 0.761. The summed E-state index contributed by atoms with van der Waals surface area (Å²) in [7, 11) is -3.56. The summed E-state index contributed by atoms with van der Waals surface area (Å²) in [5.41, 5.74) is 2.93. The average molecular weight is 392 g/mol. The van der Waals surface area contributed by atoms with Crippen molar-refractivity contribution in [3.8, 4) is 0 Å². The molecule has 0 N–H and O–H groups in total. The van der Waals surface area contributed by atoms with Crippen molar-refractivity contribution in [2.75, 3.05) is 37.7 Å². The molecule has 0 unspecified atom stereocenters. The Labute approximate surface area is 159 Å². The van der Waals surface area contributed by atoms with E-state index < -0.39 is 15.8 Å². The molecule has 4 heterocycles. The summed E-state index contributed by atoms with van der Waals surface area (Å²) in [4.78, 5) is 14.4. The van der Waals surface area contributed by atoms with E-state index in [1.165, 1.54) is 0 Å². The van der Waals surface area contributed by atoms with Crippen LogP contribution < -0.4 is 4.90 Å². The number of sulfonamides is 1. The Bertz CT molecular complexity index is 864. The lowest BCUT2D eigenvalue weighted by Crippen LogP contribution is -2.47. The van der Waals surface area contributed by atoms with Crippen molar-refractivity contribution in [2.24, 2.45) is 0 Å². The van der Waals surface area contributed by atoms with E-state index in [1.807, 2.05) is 4.90 Å². The third-order valence-corrected chi connectivity index (χ3v) is 8.06. The number of piperidine rings is 1. The minimum atomic E-state index is -3.56. The summed E-state index contributed by atoms with van der Waals surface area (Å²) in [6.07, 6.45) is 3.89. The summed E-state index contributed by atoms with van der Waals surface area (Å²) < 4.78 is 39.5. The molecule has 7 nitrogen and oxygen atoms in total. The highest BCUT2D eigenvalue weighted by molar-refractivity contribution is 7.89. The number of nitrogens with zero attached hydrogens (tertiary/aromatic N) is 2. The second-order valence-corrected chi connectivity index (χ2v) is 9.69. The first-order valence-corrected chi connectivity index (χ1v) is 11.2. The third-order valence-electron chi connectivity index (χ3n) is 6.18. The van der Waals surface area contributed by atoms with Crippen molar-refractivity contribution in [2.45, 2.75) is 49.2 Å². The lowest BCUT2D eigenvalue weighted by atomic mass is 9.92. The summed E-state index contributed by atoms with van der Waals surface area (Å²) in [6, 6.07) is 3.57. The second kappa shape index (κ2) is 6.27. The number of benzene rings is 1. The van der Waals surface area contributed by atoms with E-state index in [-0.39, 0.29) is 5.91 Å². The molecule has 1 aromatic carbocycles. The fourth-order valence-corrected chi connectivity index (χ4v) is 6.32. The normalized spacial score (nSPS) is 25.0. The monoisotopic (exact) mass is 392 g/mol. The fourth-order valence-electron chi connectivity index (χ4n) is 4.77. The number of hydrogen-bond donors (Lipinski definition) is 0. The van der Waals surface area contributed by atoms with E-state index in [0.29, 0.717) is 56.9 Å². The van der Waals surface area contributed by atoms with Gasteiger partial charge < -0.3 is 14.4 Å². The zero-order valence-corrected chi connectivity index (χ0v) is 16.1. The van der Waals surface area contributed by atoms with Crippen LogP contribution in [-0.4, -0.2) is 57.3 Å². The predicted octanol–water partition coefficient (Wildman–Crippen LogP) is 1.44. The maximum absolute atomic E-state index is 13.3. The molecule has 0 aliphatic carbocycles. The van der Waals surface area contributed by atoms with E-state index in [9.17, 15) is 13.2 Å². The van der Waals surface area contributed by atoms with Gasteiger partial charge in [-0.05, 0) is 42.5 Å². The molecule has 8 heteroatoms. The number of carbonyl (C=O) groups is 1. The minimum absolute atomic E-state index is 0.150. The molecular formula is C19H24N2O5S. The standard InChI is InChI=1S/C19H24N2O5S/c22-17-4-3-15-13-16(12-14-2-1-7-21(17)18(14)15)27(23,24)20-8-5-19(6-9-20)25-10-11-26-19/h12-13H,1-11H2. The second-order valence-electron chi connectivity index (χ2n) is 7.75. The van der Waals surface area contributed by atoms with E-state index in [1.54, 1.807) is 16.4 Å². The van der Waals surface area contributed by atoms with Gasteiger partial charge in [-0.25, -0.2) is 8.42 Å². The molecule has 4 aliphatic rings. The van der Waals surface area contributed by atoms with Crippen molar-refractivity contribution in [1.82, 2.24) is 4.31 Å². The van der Waals surface area contributed by atoms with Crippen LogP contribution in [0, 0.1) is 0 Å². The summed E-state index contributed by atoms with van der Waals surface area (Å²) in [5, 5.41) is 0. The molecule has 27 heavy (non-hydrogen) atoms.